The van der Waals surface area contributed by atoms with Crippen LogP contribution in [0, 0.1) is 0 Å². The lowest BCUT2D eigenvalue weighted by Gasteiger charge is -2.13. The number of hydrogen-bond acceptors (Lipinski definition) is 6. The highest BCUT2D eigenvalue weighted by Gasteiger charge is 2.20. The Bertz CT molecular complexity index is 1200. The fourth-order valence-corrected chi connectivity index (χ4v) is 3.73. The van der Waals surface area contributed by atoms with Crippen molar-refractivity contribution in [2.75, 3.05) is 20.8 Å². The summed E-state index contributed by atoms with van der Waals surface area (Å²) in [6.07, 6.45) is 0. The minimum absolute atomic E-state index is 0.468. The van der Waals surface area contributed by atoms with E-state index in [4.69, 9.17) is 24.3 Å². The van der Waals surface area contributed by atoms with Crippen LogP contribution in [-0.4, -0.2) is 32.4 Å². The molecule has 1 heterocycles. The van der Waals surface area contributed by atoms with Crippen LogP contribution in [0.4, 0.5) is 5.69 Å². The number of amidine groups is 1. The van der Waals surface area contributed by atoms with Gasteiger partial charge in [0.05, 0.1) is 26.5 Å². The molecule has 1 aliphatic rings. The Morgan fingerprint density at radius 1 is 0.848 bits per heavy atom. The summed E-state index contributed by atoms with van der Waals surface area (Å²) < 4.78 is 16.7. The van der Waals surface area contributed by atoms with E-state index in [1.807, 2.05) is 43.3 Å². The lowest BCUT2D eigenvalue weighted by molar-refractivity contribution is 0.340. The second kappa shape index (κ2) is 9.77. The van der Waals surface area contributed by atoms with E-state index >= 15 is 0 Å². The predicted octanol–water partition coefficient (Wildman–Crippen LogP) is 5.66. The van der Waals surface area contributed by atoms with E-state index in [-0.39, 0.29) is 0 Å². The molecule has 0 unspecified atom stereocenters. The van der Waals surface area contributed by atoms with Gasteiger partial charge in [-0.3, -0.25) is 5.43 Å². The SMILES string of the molecule is CCOc1ccc2c(c1)C(c1ccc(OC)c(OC)c1)=NNC(c1ccc(C(C)C)cc1)=N2. The fourth-order valence-electron chi connectivity index (χ4n) is 3.73. The molecule has 3 aromatic carbocycles. The van der Waals surface area contributed by atoms with E-state index in [1.54, 1.807) is 14.2 Å². The van der Waals surface area contributed by atoms with Crippen LogP contribution in [0.3, 0.4) is 0 Å². The summed E-state index contributed by atoms with van der Waals surface area (Å²) in [7, 11) is 3.24. The van der Waals surface area contributed by atoms with Crippen LogP contribution in [0.15, 0.2) is 70.8 Å². The van der Waals surface area contributed by atoms with Crippen molar-refractivity contribution >= 4 is 17.2 Å². The highest BCUT2D eigenvalue weighted by molar-refractivity contribution is 6.18. The number of nitrogens with one attached hydrogen (secondary N) is 1. The normalized spacial score (nSPS) is 12.8. The maximum atomic E-state index is 5.76. The molecule has 1 aliphatic heterocycles. The van der Waals surface area contributed by atoms with Crippen LogP contribution in [0.2, 0.25) is 0 Å². The number of benzene rings is 3. The molecule has 0 saturated heterocycles. The van der Waals surface area contributed by atoms with E-state index in [1.165, 1.54) is 5.56 Å². The number of fused-ring (bicyclic) bond motifs is 1. The van der Waals surface area contributed by atoms with E-state index in [0.717, 1.165) is 33.8 Å². The van der Waals surface area contributed by atoms with Gasteiger partial charge in [0.1, 0.15) is 11.5 Å². The van der Waals surface area contributed by atoms with Crippen molar-refractivity contribution in [3.05, 3.63) is 82.9 Å². The van der Waals surface area contributed by atoms with Crippen LogP contribution in [0.1, 0.15) is 48.9 Å². The van der Waals surface area contributed by atoms with Gasteiger partial charge in [-0.2, -0.15) is 5.10 Å². The van der Waals surface area contributed by atoms with Gasteiger partial charge in [-0.15, -0.1) is 0 Å². The van der Waals surface area contributed by atoms with Gasteiger partial charge in [0.2, 0.25) is 0 Å². The number of hydrazone groups is 1. The Morgan fingerprint density at radius 3 is 2.24 bits per heavy atom. The molecule has 0 spiro atoms. The number of ether oxygens (including phenoxy) is 3. The standard InChI is InChI=1S/C27H29N3O3/c1-6-33-21-12-13-23-22(16-21)26(20-11-14-24(31-4)25(15-20)32-5)29-30-27(28-23)19-9-7-18(8-10-19)17(2)3/h7-17H,6H2,1-5H3,(H,28,30). The summed E-state index contributed by atoms with van der Waals surface area (Å²) in [5.41, 5.74) is 8.73. The van der Waals surface area contributed by atoms with Gasteiger partial charge in [0, 0.05) is 16.7 Å². The van der Waals surface area contributed by atoms with E-state index in [2.05, 4.69) is 43.5 Å². The summed E-state index contributed by atoms with van der Waals surface area (Å²) in [4.78, 5) is 4.92. The quantitative estimate of drug-likeness (QED) is 0.512. The average Bonchev–Trinajstić information content (AvgIpc) is 3.03. The second-order valence-electron chi connectivity index (χ2n) is 7.99. The third-order valence-corrected chi connectivity index (χ3v) is 5.55. The monoisotopic (exact) mass is 443 g/mol. The van der Waals surface area contributed by atoms with Crippen molar-refractivity contribution in [1.82, 2.24) is 5.43 Å². The Kier molecular flexibility index (Phi) is 6.63. The van der Waals surface area contributed by atoms with Crippen molar-refractivity contribution < 1.29 is 14.2 Å². The minimum Gasteiger partial charge on any atom is -0.494 e. The van der Waals surface area contributed by atoms with Gasteiger partial charge >= 0.3 is 0 Å². The number of methoxy groups -OCH3 is 2. The molecule has 0 radical (unpaired) electrons. The molecular weight excluding hydrogens is 414 g/mol. The number of hydrogen-bond donors (Lipinski definition) is 1. The Labute approximate surface area is 194 Å². The molecule has 1 N–H and O–H groups in total. The molecule has 0 saturated carbocycles. The first-order valence-corrected chi connectivity index (χ1v) is 11.1. The van der Waals surface area contributed by atoms with Crippen molar-refractivity contribution in [3.8, 4) is 17.2 Å². The fraction of sp³-hybridized carbons (Fsp3) is 0.259. The van der Waals surface area contributed by atoms with Crippen LogP contribution >= 0.6 is 0 Å². The zero-order valence-corrected chi connectivity index (χ0v) is 19.7. The first kappa shape index (κ1) is 22.4. The zero-order chi connectivity index (χ0) is 23.4. The smallest absolute Gasteiger partial charge is 0.161 e. The maximum Gasteiger partial charge on any atom is 0.161 e. The molecule has 0 fully saturated rings. The summed E-state index contributed by atoms with van der Waals surface area (Å²) >= 11 is 0. The molecule has 0 aromatic heterocycles. The summed E-state index contributed by atoms with van der Waals surface area (Å²) in [5, 5.41) is 4.77. The highest BCUT2D eigenvalue weighted by atomic mass is 16.5. The van der Waals surface area contributed by atoms with Crippen molar-refractivity contribution in [2.24, 2.45) is 10.1 Å². The van der Waals surface area contributed by atoms with Gasteiger partial charge in [0.15, 0.2) is 17.3 Å². The first-order chi connectivity index (χ1) is 16.0. The van der Waals surface area contributed by atoms with Gasteiger partial charge < -0.3 is 14.2 Å². The zero-order valence-electron chi connectivity index (χ0n) is 19.7. The summed E-state index contributed by atoms with van der Waals surface area (Å²) in [6, 6.07) is 20.0. The number of rotatable bonds is 7. The first-order valence-electron chi connectivity index (χ1n) is 11.1. The van der Waals surface area contributed by atoms with Crippen LogP contribution in [-0.2, 0) is 0 Å². The highest BCUT2D eigenvalue weighted by Crippen LogP contribution is 2.33. The molecule has 3 aromatic rings. The molecule has 0 bridgehead atoms. The molecule has 0 aliphatic carbocycles. The van der Waals surface area contributed by atoms with Gasteiger partial charge in [-0.1, -0.05) is 38.1 Å². The lowest BCUT2D eigenvalue weighted by atomic mass is 10.00. The van der Waals surface area contributed by atoms with Gasteiger partial charge in [-0.05, 0) is 54.8 Å². The number of aliphatic imine (C=N–C) groups is 1. The van der Waals surface area contributed by atoms with Crippen LogP contribution < -0.4 is 19.6 Å². The Hall–Kier alpha value is -3.80. The molecule has 0 atom stereocenters. The summed E-state index contributed by atoms with van der Waals surface area (Å²) in [5.74, 6) is 3.22. The molecular formula is C27H29N3O3. The molecule has 170 valence electrons. The molecule has 6 nitrogen and oxygen atoms in total. The predicted molar refractivity (Wildman–Crippen MR) is 133 cm³/mol. The second-order valence-corrected chi connectivity index (χ2v) is 7.99. The third-order valence-electron chi connectivity index (χ3n) is 5.55. The lowest BCUT2D eigenvalue weighted by Crippen LogP contribution is -2.19. The Balaban J connectivity index is 1.82. The van der Waals surface area contributed by atoms with Crippen molar-refractivity contribution in [1.29, 1.82) is 0 Å². The van der Waals surface area contributed by atoms with E-state index in [0.29, 0.717) is 29.9 Å². The van der Waals surface area contributed by atoms with Crippen LogP contribution in [0.25, 0.3) is 0 Å². The maximum absolute atomic E-state index is 5.76. The molecule has 6 heteroatoms. The average molecular weight is 444 g/mol. The van der Waals surface area contributed by atoms with E-state index in [9.17, 15) is 0 Å². The van der Waals surface area contributed by atoms with Crippen LogP contribution in [0.5, 0.6) is 17.2 Å². The molecule has 33 heavy (non-hydrogen) atoms. The van der Waals surface area contributed by atoms with E-state index < -0.39 is 0 Å². The molecule has 4 rings (SSSR count). The number of nitrogens with zero attached hydrogens (tertiary/aromatic N) is 2. The van der Waals surface area contributed by atoms with Crippen molar-refractivity contribution in [3.63, 3.8) is 0 Å². The third kappa shape index (κ3) is 4.70. The van der Waals surface area contributed by atoms with Gasteiger partial charge in [0.25, 0.3) is 0 Å². The largest absolute Gasteiger partial charge is 0.494 e. The summed E-state index contributed by atoms with van der Waals surface area (Å²) in [6.45, 7) is 6.91. The topological polar surface area (TPSA) is 64.4 Å². The van der Waals surface area contributed by atoms with Gasteiger partial charge in [-0.25, -0.2) is 4.99 Å². The Morgan fingerprint density at radius 2 is 1.58 bits per heavy atom. The molecule has 0 amide bonds. The van der Waals surface area contributed by atoms with Crippen molar-refractivity contribution in [2.45, 2.75) is 26.7 Å². The minimum atomic E-state index is 0.468.